The van der Waals surface area contributed by atoms with E-state index in [0.29, 0.717) is 11.6 Å². The van der Waals surface area contributed by atoms with Gasteiger partial charge in [0.2, 0.25) is 0 Å². The molecular formula is C19H27N3O3. The lowest BCUT2D eigenvalue weighted by Crippen LogP contribution is -2.25. The Balaban J connectivity index is 1.98. The first-order valence-corrected chi connectivity index (χ1v) is 8.82. The van der Waals surface area contributed by atoms with E-state index in [1.807, 2.05) is 18.2 Å². The number of aromatic nitrogens is 2. The molecule has 1 aromatic heterocycles. The number of carbonyl (C=O) groups is 1. The van der Waals surface area contributed by atoms with Crippen LogP contribution in [-0.4, -0.2) is 36.0 Å². The van der Waals surface area contributed by atoms with Gasteiger partial charge in [0.25, 0.3) is 0 Å². The Labute approximate surface area is 148 Å². The van der Waals surface area contributed by atoms with Gasteiger partial charge in [-0.15, -0.1) is 0 Å². The average molecular weight is 345 g/mol. The highest BCUT2D eigenvalue weighted by Crippen LogP contribution is 2.30. The van der Waals surface area contributed by atoms with E-state index in [4.69, 9.17) is 9.72 Å². The van der Waals surface area contributed by atoms with Gasteiger partial charge in [-0.05, 0) is 37.0 Å². The number of ether oxygens (including phenoxy) is 2. The van der Waals surface area contributed by atoms with Gasteiger partial charge in [0.1, 0.15) is 5.82 Å². The second-order valence-electron chi connectivity index (χ2n) is 7.67. The molecule has 2 aromatic rings. The van der Waals surface area contributed by atoms with Crippen molar-refractivity contribution in [1.82, 2.24) is 9.55 Å². The summed E-state index contributed by atoms with van der Waals surface area (Å²) in [6.45, 7) is 9.19. The number of hydrogen-bond donors (Lipinski definition) is 1. The molecule has 1 amide bonds. The Kier molecular flexibility index (Phi) is 4.99. The van der Waals surface area contributed by atoms with Crippen LogP contribution in [0.3, 0.4) is 0 Å². The third kappa shape index (κ3) is 3.95. The van der Waals surface area contributed by atoms with E-state index < -0.39 is 6.09 Å². The molecule has 136 valence electrons. The Hall–Kier alpha value is -2.08. The summed E-state index contributed by atoms with van der Waals surface area (Å²) < 4.78 is 12.5. The largest absolute Gasteiger partial charge is 0.453 e. The molecule has 0 unspecified atom stereocenters. The quantitative estimate of drug-likeness (QED) is 0.915. The summed E-state index contributed by atoms with van der Waals surface area (Å²) >= 11 is 0. The topological polar surface area (TPSA) is 65.4 Å². The lowest BCUT2D eigenvalue weighted by Gasteiger charge is -2.26. The van der Waals surface area contributed by atoms with Crippen molar-refractivity contribution in [3.8, 4) is 0 Å². The minimum atomic E-state index is -0.475. The monoisotopic (exact) mass is 345 g/mol. The van der Waals surface area contributed by atoms with Crippen molar-refractivity contribution in [1.29, 1.82) is 0 Å². The van der Waals surface area contributed by atoms with Crippen molar-refractivity contribution in [3.63, 3.8) is 0 Å². The first kappa shape index (κ1) is 17.7. The molecule has 25 heavy (non-hydrogen) atoms. The Bertz CT molecular complexity index is 755. The van der Waals surface area contributed by atoms with E-state index in [1.165, 1.54) is 7.11 Å². The number of fused-ring (bicyclic) bond motifs is 1. The van der Waals surface area contributed by atoms with Crippen molar-refractivity contribution >= 4 is 22.8 Å². The molecule has 0 aliphatic carbocycles. The van der Waals surface area contributed by atoms with Gasteiger partial charge >= 0.3 is 6.09 Å². The SMILES string of the molecule is COC(=O)Nc1ccc2c(c1)nc(C(C)(C)C)n2CC1CCOCC1. The number of amides is 1. The highest BCUT2D eigenvalue weighted by Gasteiger charge is 2.25. The highest BCUT2D eigenvalue weighted by atomic mass is 16.5. The molecule has 0 bridgehead atoms. The number of nitrogens with one attached hydrogen (secondary N) is 1. The fourth-order valence-electron chi connectivity index (χ4n) is 3.32. The summed E-state index contributed by atoms with van der Waals surface area (Å²) in [6.07, 6.45) is 1.70. The standard InChI is InChI=1S/C19H27N3O3/c1-19(2,3)17-21-15-11-14(20-18(23)24-4)5-6-16(15)22(17)12-13-7-9-25-10-8-13/h5-6,11,13H,7-10,12H2,1-4H3,(H,20,23). The van der Waals surface area contributed by atoms with Gasteiger partial charge in [-0.2, -0.15) is 0 Å². The number of imidazole rings is 1. The van der Waals surface area contributed by atoms with Crippen LogP contribution in [0.4, 0.5) is 10.5 Å². The first-order valence-electron chi connectivity index (χ1n) is 8.82. The van der Waals surface area contributed by atoms with E-state index in [2.05, 4.69) is 35.4 Å². The van der Waals surface area contributed by atoms with Crippen molar-refractivity contribution < 1.29 is 14.3 Å². The van der Waals surface area contributed by atoms with Crippen LogP contribution in [0.2, 0.25) is 0 Å². The van der Waals surface area contributed by atoms with Crippen LogP contribution in [-0.2, 0) is 21.4 Å². The van der Waals surface area contributed by atoms with E-state index in [9.17, 15) is 4.79 Å². The van der Waals surface area contributed by atoms with Gasteiger partial charge in [0, 0.05) is 30.9 Å². The molecule has 1 fully saturated rings. The summed E-state index contributed by atoms with van der Waals surface area (Å²) in [5.41, 5.74) is 2.63. The number of carbonyl (C=O) groups excluding carboxylic acids is 1. The summed E-state index contributed by atoms with van der Waals surface area (Å²) in [4.78, 5) is 16.3. The zero-order valence-corrected chi connectivity index (χ0v) is 15.5. The van der Waals surface area contributed by atoms with Crippen molar-refractivity contribution in [3.05, 3.63) is 24.0 Å². The molecule has 1 N–H and O–H groups in total. The van der Waals surface area contributed by atoms with Crippen LogP contribution >= 0.6 is 0 Å². The molecule has 0 radical (unpaired) electrons. The third-order valence-electron chi connectivity index (χ3n) is 4.63. The molecular weight excluding hydrogens is 318 g/mol. The highest BCUT2D eigenvalue weighted by molar-refractivity contribution is 5.89. The third-order valence-corrected chi connectivity index (χ3v) is 4.63. The normalized spacial score (nSPS) is 16.2. The van der Waals surface area contributed by atoms with Crippen molar-refractivity contribution in [2.75, 3.05) is 25.6 Å². The first-order chi connectivity index (χ1) is 11.9. The minimum absolute atomic E-state index is 0.0554. The molecule has 3 rings (SSSR count). The lowest BCUT2D eigenvalue weighted by molar-refractivity contribution is 0.0611. The zero-order valence-electron chi connectivity index (χ0n) is 15.5. The van der Waals surface area contributed by atoms with E-state index in [1.54, 1.807) is 0 Å². The molecule has 0 spiro atoms. The van der Waals surface area contributed by atoms with Gasteiger partial charge < -0.3 is 14.0 Å². The van der Waals surface area contributed by atoms with Crippen LogP contribution in [0.5, 0.6) is 0 Å². The molecule has 0 atom stereocenters. The molecule has 6 nitrogen and oxygen atoms in total. The number of benzene rings is 1. The second kappa shape index (κ2) is 7.04. The van der Waals surface area contributed by atoms with E-state index in [0.717, 1.165) is 49.5 Å². The predicted octanol–water partition coefficient (Wildman–Crippen LogP) is 3.94. The maximum Gasteiger partial charge on any atom is 0.411 e. The number of nitrogens with zero attached hydrogens (tertiary/aromatic N) is 2. The Morgan fingerprint density at radius 1 is 1.36 bits per heavy atom. The molecule has 1 aliphatic heterocycles. The second-order valence-corrected chi connectivity index (χ2v) is 7.67. The van der Waals surface area contributed by atoms with E-state index >= 15 is 0 Å². The molecule has 1 saturated heterocycles. The summed E-state index contributed by atoms with van der Waals surface area (Å²) in [6, 6.07) is 5.83. The van der Waals surface area contributed by atoms with E-state index in [-0.39, 0.29) is 5.41 Å². The molecule has 1 aliphatic rings. The number of anilines is 1. The lowest BCUT2D eigenvalue weighted by atomic mass is 9.94. The molecule has 0 saturated carbocycles. The fourth-order valence-corrected chi connectivity index (χ4v) is 3.32. The van der Waals surface area contributed by atoms with Crippen molar-refractivity contribution in [2.45, 2.75) is 45.6 Å². The molecule has 6 heteroatoms. The number of methoxy groups -OCH3 is 1. The smallest absolute Gasteiger partial charge is 0.411 e. The van der Waals surface area contributed by atoms with Gasteiger partial charge in [0.05, 0.1) is 18.1 Å². The Morgan fingerprint density at radius 3 is 2.72 bits per heavy atom. The van der Waals surface area contributed by atoms with Crippen LogP contribution in [0, 0.1) is 5.92 Å². The van der Waals surface area contributed by atoms with Gasteiger partial charge in [-0.3, -0.25) is 5.32 Å². The van der Waals surface area contributed by atoms with Crippen LogP contribution in [0.25, 0.3) is 11.0 Å². The van der Waals surface area contributed by atoms with Crippen LogP contribution < -0.4 is 5.32 Å². The number of hydrogen-bond acceptors (Lipinski definition) is 4. The molecule has 2 heterocycles. The minimum Gasteiger partial charge on any atom is -0.453 e. The summed E-state index contributed by atoms with van der Waals surface area (Å²) in [5, 5.41) is 2.71. The van der Waals surface area contributed by atoms with Crippen LogP contribution in [0.15, 0.2) is 18.2 Å². The average Bonchev–Trinajstić information content (AvgIpc) is 2.94. The predicted molar refractivity (Wildman–Crippen MR) is 98.0 cm³/mol. The maximum atomic E-state index is 11.4. The van der Waals surface area contributed by atoms with Gasteiger partial charge in [0.15, 0.2) is 0 Å². The maximum absolute atomic E-state index is 11.4. The van der Waals surface area contributed by atoms with Crippen molar-refractivity contribution in [2.24, 2.45) is 5.92 Å². The van der Waals surface area contributed by atoms with Gasteiger partial charge in [-0.1, -0.05) is 20.8 Å². The zero-order chi connectivity index (χ0) is 18.0. The number of rotatable bonds is 3. The van der Waals surface area contributed by atoms with Gasteiger partial charge in [-0.25, -0.2) is 9.78 Å². The fraction of sp³-hybridized carbons (Fsp3) is 0.579. The summed E-state index contributed by atoms with van der Waals surface area (Å²) in [5.74, 6) is 1.68. The molecule has 1 aromatic carbocycles. The van der Waals surface area contributed by atoms with Crippen LogP contribution in [0.1, 0.15) is 39.4 Å². The summed E-state index contributed by atoms with van der Waals surface area (Å²) in [7, 11) is 1.36. The Morgan fingerprint density at radius 2 is 2.08 bits per heavy atom.